The first-order valence-electron chi connectivity index (χ1n) is 10.5. The monoisotopic (exact) mass is 459 g/mol. The van der Waals surface area contributed by atoms with E-state index in [0.29, 0.717) is 17.1 Å². The third-order valence-corrected chi connectivity index (χ3v) is 5.68. The van der Waals surface area contributed by atoms with E-state index in [0.717, 1.165) is 36.5 Å². The Kier molecular flexibility index (Phi) is 5.96. The molecule has 2 amide bonds. The van der Waals surface area contributed by atoms with E-state index < -0.39 is 17.6 Å². The number of nitrogens with one attached hydrogen (secondary N) is 1. The van der Waals surface area contributed by atoms with E-state index in [1.54, 1.807) is 27.0 Å². The molecular formula is C22H26ClN5O4. The second-order valence-electron chi connectivity index (χ2n) is 8.93. The van der Waals surface area contributed by atoms with Gasteiger partial charge in [0.25, 0.3) is 5.91 Å². The van der Waals surface area contributed by atoms with E-state index in [1.165, 1.54) is 6.20 Å². The number of imide groups is 1. The molecule has 10 heteroatoms. The maximum Gasteiger partial charge on any atom is 0.417 e. The van der Waals surface area contributed by atoms with Gasteiger partial charge in [-0.25, -0.2) is 19.7 Å². The Hall–Kier alpha value is -2.91. The van der Waals surface area contributed by atoms with Crippen molar-refractivity contribution in [2.24, 2.45) is 0 Å². The van der Waals surface area contributed by atoms with Gasteiger partial charge in [0, 0.05) is 18.7 Å². The number of carbonyl (C=O) groups is 2. The summed E-state index contributed by atoms with van der Waals surface area (Å²) in [7, 11) is 0. The summed E-state index contributed by atoms with van der Waals surface area (Å²) in [6, 6.07) is 3.75. The largest absolute Gasteiger partial charge is 0.443 e. The number of rotatable bonds is 3. The summed E-state index contributed by atoms with van der Waals surface area (Å²) in [6.45, 7) is 6.76. The van der Waals surface area contributed by atoms with Crippen molar-refractivity contribution >= 4 is 40.8 Å². The van der Waals surface area contributed by atoms with Crippen LogP contribution in [0.25, 0.3) is 0 Å². The SMILES string of the molecule is CC(C)(C)OC(=O)N1Cc2c(Cl)ncc(Nc3ccc(N4CCC(O)CC4)cn3)c2C1=O. The van der Waals surface area contributed by atoms with Crippen molar-refractivity contribution < 1.29 is 19.4 Å². The molecule has 0 aromatic carbocycles. The number of hydrogen-bond donors (Lipinski definition) is 2. The first kappa shape index (κ1) is 22.3. The molecule has 0 unspecified atom stereocenters. The van der Waals surface area contributed by atoms with Gasteiger partial charge in [0.2, 0.25) is 0 Å². The summed E-state index contributed by atoms with van der Waals surface area (Å²) in [5, 5.41) is 13.0. The molecule has 9 nitrogen and oxygen atoms in total. The summed E-state index contributed by atoms with van der Waals surface area (Å²) in [4.78, 5) is 37.3. The van der Waals surface area contributed by atoms with Crippen LogP contribution in [0, 0.1) is 0 Å². The summed E-state index contributed by atoms with van der Waals surface area (Å²) in [5.74, 6) is 0.0326. The van der Waals surface area contributed by atoms with Gasteiger partial charge in [-0.05, 0) is 45.7 Å². The average molecular weight is 460 g/mol. The van der Waals surface area contributed by atoms with Crippen LogP contribution in [0.1, 0.15) is 49.5 Å². The molecule has 0 spiro atoms. The van der Waals surface area contributed by atoms with Crippen molar-refractivity contribution in [3.8, 4) is 0 Å². The van der Waals surface area contributed by atoms with E-state index in [9.17, 15) is 14.7 Å². The van der Waals surface area contributed by atoms with Crippen LogP contribution in [0.4, 0.5) is 22.0 Å². The number of carbonyl (C=O) groups excluding carboxylic acids is 2. The van der Waals surface area contributed by atoms with Gasteiger partial charge >= 0.3 is 6.09 Å². The number of ether oxygens (including phenoxy) is 1. The summed E-state index contributed by atoms with van der Waals surface area (Å²) in [5.41, 5.74) is 1.41. The highest BCUT2D eigenvalue weighted by Gasteiger charge is 2.38. The first-order valence-corrected chi connectivity index (χ1v) is 10.9. The number of fused-ring (bicyclic) bond motifs is 1. The lowest BCUT2D eigenvalue weighted by Crippen LogP contribution is -2.37. The highest BCUT2D eigenvalue weighted by atomic mass is 35.5. The molecule has 2 N–H and O–H groups in total. The number of amides is 2. The van der Waals surface area contributed by atoms with Gasteiger partial charge in [-0.3, -0.25) is 4.79 Å². The minimum absolute atomic E-state index is 0.00237. The summed E-state index contributed by atoms with van der Waals surface area (Å²) < 4.78 is 5.35. The Labute approximate surface area is 191 Å². The fraction of sp³-hybridized carbons (Fsp3) is 0.455. The molecule has 4 rings (SSSR count). The normalized spacial score (nSPS) is 16.8. The molecule has 2 aliphatic rings. The quantitative estimate of drug-likeness (QED) is 0.668. The number of aromatic nitrogens is 2. The molecule has 0 radical (unpaired) electrons. The number of piperidine rings is 1. The molecule has 0 aliphatic carbocycles. The Balaban J connectivity index is 1.53. The van der Waals surface area contributed by atoms with Crippen molar-refractivity contribution in [2.75, 3.05) is 23.3 Å². The molecule has 1 saturated heterocycles. The van der Waals surface area contributed by atoms with Crippen LogP contribution in [-0.4, -0.2) is 56.8 Å². The molecule has 4 heterocycles. The van der Waals surface area contributed by atoms with Crippen molar-refractivity contribution in [3.63, 3.8) is 0 Å². The number of aliphatic hydroxyl groups excluding tert-OH is 1. The average Bonchev–Trinajstić information content (AvgIpc) is 3.09. The van der Waals surface area contributed by atoms with Crippen LogP contribution >= 0.6 is 11.6 Å². The third kappa shape index (κ3) is 4.63. The molecular weight excluding hydrogens is 434 g/mol. The van der Waals surface area contributed by atoms with E-state index in [1.807, 2.05) is 12.1 Å². The van der Waals surface area contributed by atoms with Gasteiger partial charge in [-0.2, -0.15) is 0 Å². The fourth-order valence-electron chi connectivity index (χ4n) is 3.75. The minimum atomic E-state index is -0.729. The first-order chi connectivity index (χ1) is 15.1. The van der Waals surface area contributed by atoms with Gasteiger partial charge in [0.15, 0.2) is 0 Å². The second-order valence-corrected chi connectivity index (χ2v) is 9.29. The van der Waals surface area contributed by atoms with Gasteiger partial charge in [-0.1, -0.05) is 11.6 Å². The number of hydrogen-bond acceptors (Lipinski definition) is 8. The van der Waals surface area contributed by atoms with E-state index in [2.05, 4.69) is 20.2 Å². The lowest BCUT2D eigenvalue weighted by Gasteiger charge is -2.31. The molecule has 0 bridgehead atoms. The van der Waals surface area contributed by atoms with Crippen LogP contribution in [0.2, 0.25) is 5.15 Å². The Bertz CT molecular complexity index is 1030. The second kappa shape index (κ2) is 8.55. The van der Waals surface area contributed by atoms with Crippen LogP contribution in [0.3, 0.4) is 0 Å². The van der Waals surface area contributed by atoms with Crippen LogP contribution in [0.15, 0.2) is 24.5 Å². The van der Waals surface area contributed by atoms with E-state index >= 15 is 0 Å². The van der Waals surface area contributed by atoms with Crippen molar-refractivity contribution in [1.29, 1.82) is 0 Å². The molecule has 2 aliphatic heterocycles. The number of anilines is 3. The van der Waals surface area contributed by atoms with Gasteiger partial charge in [0.05, 0.1) is 42.0 Å². The lowest BCUT2D eigenvalue weighted by molar-refractivity contribution is 0.0248. The molecule has 2 aromatic heterocycles. The molecule has 170 valence electrons. The maximum atomic E-state index is 13.0. The van der Waals surface area contributed by atoms with Crippen molar-refractivity contribution in [3.05, 3.63) is 40.8 Å². The standard InChI is InChI=1S/C22H26ClN5O4/c1-22(2,3)32-21(31)28-12-15-18(20(28)30)16(11-25-19(15)23)26-17-5-4-13(10-24-17)27-8-6-14(29)7-9-27/h4-5,10-11,14,29H,6-9,12H2,1-3H3,(H,24,26). The van der Waals surface area contributed by atoms with Crippen LogP contribution < -0.4 is 10.2 Å². The molecule has 0 atom stereocenters. The van der Waals surface area contributed by atoms with Crippen molar-refractivity contribution in [1.82, 2.24) is 14.9 Å². The van der Waals surface area contributed by atoms with Gasteiger partial charge < -0.3 is 20.1 Å². The smallest absolute Gasteiger partial charge is 0.417 e. The molecule has 2 aromatic rings. The van der Waals surface area contributed by atoms with Gasteiger partial charge in [0.1, 0.15) is 16.6 Å². The predicted molar refractivity (Wildman–Crippen MR) is 120 cm³/mol. The van der Waals surface area contributed by atoms with Crippen LogP contribution in [-0.2, 0) is 11.3 Å². The zero-order chi connectivity index (χ0) is 23.0. The summed E-state index contributed by atoms with van der Waals surface area (Å²) in [6.07, 6.45) is 3.71. The Morgan fingerprint density at radius 3 is 2.56 bits per heavy atom. The molecule has 1 fully saturated rings. The highest BCUT2D eigenvalue weighted by Crippen LogP contribution is 2.35. The van der Waals surface area contributed by atoms with Crippen molar-refractivity contribution in [2.45, 2.75) is 51.9 Å². The van der Waals surface area contributed by atoms with Crippen LogP contribution in [0.5, 0.6) is 0 Å². The fourth-order valence-corrected chi connectivity index (χ4v) is 3.95. The zero-order valence-corrected chi connectivity index (χ0v) is 19.0. The predicted octanol–water partition coefficient (Wildman–Crippen LogP) is 3.73. The number of halogens is 1. The minimum Gasteiger partial charge on any atom is -0.443 e. The Morgan fingerprint density at radius 2 is 1.94 bits per heavy atom. The third-order valence-electron chi connectivity index (χ3n) is 5.36. The zero-order valence-electron chi connectivity index (χ0n) is 18.3. The molecule has 32 heavy (non-hydrogen) atoms. The topological polar surface area (TPSA) is 108 Å². The Morgan fingerprint density at radius 1 is 1.22 bits per heavy atom. The van der Waals surface area contributed by atoms with E-state index in [4.69, 9.17) is 16.3 Å². The maximum absolute atomic E-state index is 13.0. The summed E-state index contributed by atoms with van der Waals surface area (Å²) >= 11 is 6.22. The lowest BCUT2D eigenvalue weighted by atomic mass is 10.1. The highest BCUT2D eigenvalue weighted by molar-refractivity contribution is 6.31. The van der Waals surface area contributed by atoms with Gasteiger partial charge in [-0.15, -0.1) is 0 Å². The number of nitrogens with zero attached hydrogens (tertiary/aromatic N) is 4. The van der Waals surface area contributed by atoms with E-state index in [-0.39, 0.29) is 23.4 Å². The number of pyridine rings is 2. The number of aliphatic hydroxyl groups is 1. The molecule has 0 saturated carbocycles.